The summed E-state index contributed by atoms with van der Waals surface area (Å²) in [5.74, 6) is 0.971. The number of benzene rings is 2. The molecule has 10 heteroatoms. The van der Waals surface area contributed by atoms with Crippen LogP contribution >= 0.6 is 23.5 Å². The van der Waals surface area contributed by atoms with Crippen molar-refractivity contribution in [2.75, 3.05) is 12.4 Å². The van der Waals surface area contributed by atoms with E-state index in [4.69, 9.17) is 4.74 Å². The molecule has 0 spiro atoms. The number of aromatic hydroxyl groups is 2. The lowest BCUT2D eigenvalue weighted by molar-refractivity contribution is -0.143. The summed E-state index contributed by atoms with van der Waals surface area (Å²) in [6.45, 7) is 8.35. The summed E-state index contributed by atoms with van der Waals surface area (Å²) in [6, 6.07) is 9.43. The van der Waals surface area contributed by atoms with Gasteiger partial charge < -0.3 is 14.9 Å². The molecule has 0 saturated carbocycles. The zero-order chi connectivity index (χ0) is 26.1. The number of carbonyl (C=O) groups excluding carboxylic acids is 1. The second-order valence-electron chi connectivity index (χ2n) is 8.98. The van der Waals surface area contributed by atoms with Gasteiger partial charge in [0.05, 0.1) is 28.5 Å². The maximum Gasteiger partial charge on any atom is 0.306 e. The predicted octanol–water partition coefficient (Wildman–Crippen LogP) is 6.08. The van der Waals surface area contributed by atoms with Gasteiger partial charge in [-0.2, -0.15) is 4.68 Å². The largest absolute Gasteiger partial charge is 0.506 e. The van der Waals surface area contributed by atoms with Crippen molar-refractivity contribution in [2.45, 2.75) is 74.7 Å². The van der Waals surface area contributed by atoms with Crippen LogP contribution in [0.3, 0.4) is 0 Å². The third kappa shape index (κ3) is 7.39. The van der Waals surface area contributed by atoms with Gasteiger partial charge in [0.15, 0.2) is 0 Å². The van der Waals surface area contributed by atoms with Gasteiger partial charge in [-0.15, -0.1) is 16.9 Å². The first-order valence-electron chi connectivity index (χ1n) is 12.1. The molecule has 3 rings (SSSR count). The highest BCUT2D eigenvalue weighted by atomic mass is 32.2. The first-order chi connectivity index (χ1) is 17.3. The molecule has 2 aromatic carbocycles. The second kappa shape index (κ2) is 13.5. The van der Waals surface area contributed by atoms with Crippen molar-refractivity contribution < 1.29 is 19.7 Å². The number of tetrazole rings is 1. The third-order valence-electron chi connectivity index (χ3n) is 5.79. The van der Waals surface area contributed by atoms with E-state index in [9.17, 15) is 15.0 Å². The van der Waals surface area contributed by atoms with Crippen molar-refractivity contribution in [1.82, 2.24) is 20.2 Å². The Kier molecular flexibility index (Phi) is 10.5. The first kappa shape index (κ1) is 27.9. The summed E-state index contributed by atoms with van der Waals surface area (Å²) in [7, 11) is 0. The minimum absolute atomic E-state index is 0.0596. The Labute approximate surface area is 220 Å². The number of phenolic OH excluding ortho intramolecular Hbond substituents is 2. The van der Waals surface area contributed by atoms with Crippen LogP contribution in [0.25, 0.3) is 5.69 Å². The van der Waals surface area contributed by atoms with E-state index >= 15 is 0 Å². The number of hydrogen-bond acceptors (Lipinski definition) is 9. The molecule has 36 heavy (non-hydrogen) atoms. The molecule has 0 aliphatic heterocycles. The lowest BCUT2D eigenvalue weighted by atomic mass is 10.1. The van der Waals surface area contributed by atoms with E-state index in [1.165, 1.54) is 29.9 Å². The average molecular weight is 531 g/mol. The van der Waals surface area contributed by atoms with Crippen molar-refractivity contribution in [2.24, 2.45) is 5.92 Å². The summed E-state index contributed by atoms with van der Waals surface area (Å²) in [5, 5.41) is 34.3. The van der Waals surface area contributed by atoms with Crippen molar-refractivity contribution in [3.05, 3.63) is 41.5 Å². The Morgan fingerprint density at radius 2 is 1.72 bits per heavy atom. The van der Waals surface area contributed by atoms with Gasteiger partial charge in [0.2, 0.25) is 5.16 Å². The number of hydrogen-bond donors (Lipinski definition) is 2. The molecular weight excluding hydrogens is 496 g/mol. The summed E-state index contributed by atoms with van der Waals surface area (Å²) < 4.78 is 6.94. The van der Waals surface area contributed by atoms with Crippen molar-refractivity contribution >= 4 is 29.5 Å². The lowest BCUT2D eigenvalue weighted by Gasteiger charge is -2.17. The Morgan fingerprint density at radius 3 is 2.42 bits per heavy atom. The number of nitrogens with zero attached hydrogens (tertiary/aromatic N) is 4. The van der Waals surface area contributed by atoms with Gasteiger partial charge in [0.25, 0.3) is 0 Å². The zero-order valence-electron chi connectivity index (χ0n) is 21.2. The Balaban J connectivity index is 1.67. The number of aromatic nitrogens is 4. The topological polar surface area (TPSA) is 110 Å². The third-order valence-corrected chi connectivity index (χ3v) is 8.05. The van der Waals surface area contributed by atoms with E-state index in [0.29, 0.717) is 44.4 Å². The molecule has 0 aliphatic carbocycles. The van der Waals surface area contributed by atoms with Crippen LogP contribution in [0, 0.1) is 19.8 Å². The second-order valence-corrected chi connectivity index (χ2v) is 11.1. The SMILES string of the molecule is Cc1c(C)c(O)c(Sc2nnnn2-c2ccccc2)c(SCCC(=O)OCCCCCC(C)C)c1O. The number of ether oxygens (including phenoxy) is 1. The van der Waals surface area contributed by atoms with E-state index < -0.39 is 0 Å². The number of para-hydroxylation sites is 1. The van der Waals surface area contributed by atoms with Crippen molar-refractivity contribution in [3.63, 3.8) is 0 Å². The molecule has 194 valence electrons. The molecular formula is C26H34N4O4S2. The Morgan fingerprint density at radius 1 is 1.03 bits per heavy atom. The highest BCUT2D eigenvalue weighted by Crippen LogP contribution is 2.49. The molecule has 2 N–H and O–H groups in total. The standard InChI is InChI=1S/C26H34N4O4S2/c1-17(2)11-7-6-10-15-34-21(31)14-16-35-24-22(32)18(3)19(4)23(33)25(24)36-26-27-28-29-30(26)20-12-8-5-9-13-20/h5,8-9,12-13,17,32-33H,6-7,10-11,14-16H2,1-4H3. The van der Waals surface area contributed by atoms with Gasteiger partial charge in [0, 0.05) is 5.75 Å². The molecule has 0 saturated heterocycles. The fourth-order valence-corrected chi connectivity index (χ4v) is 5.75. The molecule has 0 aliphatic rings. The molecule has 8 nitrogen and oxygen atoms in total. The fourth-order valence-electron chi connectivity index (χ4n) is 3.53. The van der Waals surface area contributed by atoms with Gasteiger partial charge in [-0.3, -0.25) is 4.79 Å². The summed E-state index contributed by atoms with van der Waals surface area (Å²) in [5.41, 5.74) is 1.94. The van der Waals surface area contributed by atoms with Crippen LogP contribution in [0.15, 0.2) is 45.3 Å². The number of esters is 1. The van der Waals surface area contributed by atoms with Crippen LogP contribution in [-0.2, 0) is 9.53 Å². The highest BCUT2D eigenvalue weighted by molar-refractivity contribution is 8.02. The first-order valence-corrected chi connectivity index (χ1v) is 13.9. The van der Waals surface area contributed by atoms with Crippen molar-refractivity contribution in [3.8, 4) is 17.2 Å². The van der Waals surface area contributed by atoms with E-state index in [2.05, 4.69) is 29.4 Å². The predicted molar refractivity (Wildman–Crippen MR) is 142 cm³/mol. The maximum absolute atomic E-state index is 12.2. The molecule has 0 amide bonds. The van der Waals surface area contributed by atoms with E-state index in [0.717, 1.165) is 24.9 Å². The fraction of sp³-hybridized carbons (Fsp3) is 0.462. The number of carbonyl (C=O) groups is 1. The smallest absolute Gasteiger partial charge is 0.306 e. The monoisotopic (exact) mass is 530 g/mol. The van der Waals surface area contributed by atoms with Crippen LogP contribution in [-0.4, -0.2) is 48.7 Å². The summed E-state index contributed by atoms with van der Waals surface area (Å²) in [4.78, 5) is 13.1. The number of rotatable bonds is 13. The Bertz CT molecular complexity index is 1150. The lowest BCUT2D eigenvalue weighted by Crippen LogP contribution is -2.07. The maximum atomic E-state index is 12.2. The van der Waals surface area contributed by atoms with Crippen molar-refractivity contribution in [1.29, 1.82) is 0 Å². The normalized spacial score (nSPS) is 11.2. The van der Waals surface area contributed by atoms with E-state index in [1.807, 2.05) is 30.3 Å². The quantitative estimate of drug-likeness (QED) is 0.117. The summed E-state index contributed by atoms with van der Waals surface area (Å²) in [6.07, 6.45) is 4.46. The minimum Gasteiger partial charge on any atom is -0.506 e. The minimum atomic E-state index is -0.263. The van der Waals surface area contributed by atoms with Gasteiger partial charge in [-0.1, -0.05) is 51.3 Å². The van der Waals surface area contributed by atoms with Crippen LogP contribution < -0.4 is 0 Å². The van der Waals surface area contributed by atoms with E-state index in [-0.39, 0.29) is 23.9 Å². The van der Waals surface area contributed by atoms with Crippen LogP contribution in [0.5, 0.6) is 11.5 Å². The number of unbranched alkanes of at least 4 members (excludes halogenated alkanes) is 2. The number of phenols is 2. The molecule has 0 bridgehead atoms. The van der Waals surface area contributed by atoms with Gasteiger partial charge in [-0.05, 0) is 71.6 Å². The molecule has 1 aromatic heterocycles. The molecule has 0 atom stereocenters. The van der Waals surface area contributed by atoms with Gasteiger partial charge in [0.1, 0.15) is 11.5 Å². The zero-order valence-corrected chi connectivity index (χ0v) is 22.9. The number of thioether (sulfide) groups is 1. The highest BCUT2D eigenvalue weighted by Gasteiger charge is 2.23. The van der Waals surface area contributed by atoms with E-state index in [1.54, 1.807) is 18.5 Å². The molecule has 1 heterocycles. The van der Waals surface area contributed by atoms with Gasteiger partial charge in [-0.25, -0.2) is 0 Å². The van der Waals surface area contributed by atoms with Crippen LogP contribution in [0.2, 0.25) is 0 Å². The molecule has 0 radical (unpaired) electrons. The summed E-state index contributed by atoms with van der Waals surface area (Å²) >= 11 is 2.47. The average Bonchev–Trinajstić information content (AvgIpc) is 3.33. The van der Waals surface area contributed by atoms with Crippen LogP contribution in [0.1, 0.15) is 57.1 Å². The van der Waals surface area contributed by atoms with Gasteiger partial charge >= 0.3 is 5.97 Å². The molecule has 3 aromatic rings. The Hall–Kier alpha value is -2.72. The molecule has 0 unspecified atom stereocenters. The van der Waals surface area contributed by atoms with Crippen LogP contribution in [0.4, 0.5) is 0 Å². The molecule has 0 fully saturated rings.